The Morgan fingerprint density at radius 3 is 1.36 bits per heavy atom. The molecule has 1 aliphatic carbocycles. The second-order valence-corrected chi connectivity index (χ2v) is 3.22. The molecule has 0 radical (unpaired) electrons. The van der Waals surface area contributed by atoms with Gasteiger partial charge in [0.2, 0.25) is 25.3 Å². The van der Waals surface area contributed by atoms with E-state index in [1.807, 2.05) is 0 Å². The van der Waals surface area contributed by atoms with E-state index < -0.39 is 25.3 Å². The van der Waals surface area contributed by atoms with Gasteiger partial charge in [0.05, 0.1) is 0 Å². The second kappa shape index (κ2) is 5.50. The van der Waals surface area contributed by atoms with Crippen molar-refractivity contribution < 1.29 is 22.3 Å². The lowest BCUT2D eigenvalue weighted by Gasteiger charge is -2.26. The predicted molar refractivity (Wildman–Crippen MR) is 42.3 cm³/mol. The Hall–Kier alpha value is -0.360. The summed E-state index contributed by atoms with van der Waals surface area (Å²) >= 11 is 0. The van der Waals surface area contributed by atoms with Crippen molar-refractivity contribution in [2.45, 2.75) is 51.0 Å². The Morgan fingerprint density at radius 2 is 1.14 bits per heavy atom. The number of ether oxygens (including phenoxy) is 1. The molecule has 1 saturated heterocycles. The largest absolute Gasteiger partial charge is 0.306 e. The Bertz CT molecular complexity index is 137. The average Bonchev–Trinajstić information content (AvgIpc) is 1.98. The molecule has 2 fully saturated rings. The Morgan fingerprint density at radius 1 is 0.786 bits per heavy atom. The maximum absolute atomic E-state index is 12.0. The minimum atomic E-state index is -2.43. The molecule has 0 aromatic heterocycles. The van der Waals surface area contributed by atoms with Crippen LogP contribution in [0.4, 0.5) is 17.6 Å². The molecule has 84 valence electrons. The van der Waals surface area contributed by atoms with Crippen molar-refractivity contribution in [2.75, 3.05) is 0 Å². The summed E-state index contributed by atoms with van der Waals surface area (Å²) < 4.78 is 51.4. The van der Waals surface area contributed by atoms with Crippen molar-refractivity contribution in [3.05, 3.63) is 0 Å². The smallest absolute Gasteiger partial charge is 0.246 e. The zero-order valence-electron chi connectivity index (χ0n) is 7.56. The first-order chi connectivity index (χ1) is 6.61. The zero-order valence-corrected chi connectivity index (χ0v) is 7.56. The van der Waals surface area contributed by atoms with Crippen LogP contribution in [0.3, 0.4) is 0 Å². The first-order valence-electron chi connectivity index (χ1n) is 4.59. The van der Waals surface area contributed by atoms with Crippen LogP contribution in [-0.2, 0) is 4.74 Å². The van der Waals surface area contributed by atoms with Gasteiger partial charge in [-0.25, -0.2) is 22.9 Å². The lowest BCUT2D eigenvalue weighted by molar-refractivity contribution is -0.237. The van der Waals surface area contributed by atoms with Gasteiger partial charge in [0, 0.05) is 0 Å². The third-order valence-corrected chi connectivity index (χ3v) is 2.04. The molecule has 0 bridgehead atoms. The summed E-state index contributed by atoms with van der Waals surface area (Å²) in [7, 11) is 0. The number of alkyl halides is 4. The third kappa shape index (κ3) is 3.42. The molecule has 0 aromatic rings. The molecule has 0 amide bonds. The normalized spacial score (nSPS) is 42.0. The van der Waals surface area contributed by atoms with Gasteiger partial charge in [0.25, 0.3) is 0 Å². The first kappa shape index (κ1) is 11.7. The van der Waals surface area contributed by atoms with Gasteiger partial charge < -0.3 is 4.74 Å². The SMILES string of the molecule is C1CCC1.FC1NC(F)C(F)OC1F. The highest BCUT2D eigenvalue weighted by Crippen LogP contribution is 2.17. The molecule has 2 aliphatic rings. The van der Waals surface area contributed by atoms with E-state index in [4.69, 9.17) is 0 Å². The molecule has 2 rings (SSSR count). The van der Waals surface area contributed by atoms with Gasteiger partial charge in [-0.05, 0) is 0 Å². The van der Waals surface area contributed by atoms with Gasteiger partial charge in [-0.3, -0.25) is 0 Å². The summed E-state index contributed by atoms with van der Waals surface area (Å²) in [5.41, 5.74) is 0. The molecule has 0 spiro atoms. The van der Waals surface area contributed by atoms with Gasteiger partial charge in [0.15, 0.2) is 0 Å². The summed E-state index contributed by atoms with van der Waals surface area (Å²) in [5, 5.41) is 1.37. The molecule has 1 aliphatic heterocycles. The summed E-state index contributed by atoms with van der Waals surface area (Å²) in [6, 6.07) is 0. The fourth-order valence-corrected chi connectivity index (χ4v) is 0.816. The maximum atomic E-state index is 12.0. The molecule has 4 atom stereocenters. The van der Waals surface area contributed by atoms with E-state index in [9.17, 15) is 17.6 Å². The van der Waals surface area contributed by atoms with Gasteiger partial charge in [-0.2, -0.15) is 0 Å². The number of morpholine rings is 1. The fraction of sp³-hybridized carbons (Fsp3) is 1.00. The van der Waals surface area contributed by atoms with Crippen LogP contribution in [0, 0.1) is 0 Å². The first-order valence-corrected chi connectivity index (χ1v) is 4.59. The summed E-state index contributed by atoms with van der Waals surface area (Å²) in [6.45, 7) is 0. The van der Waals surface area contributed by atoms with E-state index >= 15 is 0 Å². The zero-order chi connectivity index (χ0) is 10.6. The van der Waals surface area contributed by atoms with E-state index in [0.29, 0.717) is 0 Å². The van der Waals surface area contributed by atoms with Crippen LogP contribution >= 0.6 is 0 Å². The highest BCUT2D eigenvalue weighted by atomic mass is 19.2. The molecule has 0 aromatic carbocycles. The fourth-order valence-electron chi connectivity index (χ4n) is 0.816. The minimum Gasteiger partial charge on any atom is -0.306 e. The maximum Gasteiger partial charge on any atom is 0.246 e. The lowest BCUT2D eigenvalue weighted by atomic mass is 10.0. The number of halogens is 4. The van der Waals surface area contributed by atoms with Crippen molar-refractivity contribution in [2.24, 2.45) is 0 Å². The number of hydrogen-bond acceptors (Lipinski definition) is 2. The predicted octanol–water partition coefficient (Wildman–Crippen LogP) is 2.35. The van der Waals surface area contributed by atoms with E-state index in [0.717, 1.165) is 0 Å². The summed E-state index contributed by atoms with van der Waals surface area (Å²) in [5.74, 6) is 0. The van der Waals surface area contributed by atoms with E-state index in [1.165, 1.54) is 31.0 Å². The molecular formula is C8H13F4NO. The van der Waals surface area contributed by atoms with Gasteiger partial charge in [0.1, 0.15) is 0 Å². The summed E-state index contributed by atoms with van der Waals surface area (Å²) in [4.78, 5) is 0. The molecule has 1 saturated carbocycles. The van der Waals surface area contributed by atoms with Crippen LogP contribution in [0.2, 0.25) is 0 Å². The average molecular weight is 215 g/mol. The van der Waals surface area contributed by atoms with E-state index in [-0.39, 0.29) is 0 Å². The van der Waals surface area contributed by atoms with Crippen molar-refractivity contribution in [3.8, 4) is 0 Å². The van der Waals surface area contributed by atoms with Crippen molar-refractivity contribution >= 4 is 0 Å². The number of rotatable bonds is 0. The molecule has 14 heavy (non-hydrogen) atoms. The molecule has 1 N–H and O–H groups in total. The second-order valence-electron chi connectivity index (χ2n) is 3.22. The molecule has 2 nitrogen and oxygen atoms in total. The van der Waals surface area contributed by atoms with E-state index in [2.05, 4.69) is 4.74 Å². The highest BCUT2D eigenvalue weighted by Gasteiger charge is 2.38. The van der Waals surface area contributed by atoms with Crippen LogP contribution in [0.1, 0.15) is 25.7 Å². The van der Waals surface area contributed by atoms with Gasteiger partial charge >= 0.3 is 0 Å². The number of hydrogen-bond donors (Lipinski definition) is 1. The van der Waals surface area contributed by atoms with Gasteiger partial charge in [-0.1, -0.05) is 25.7 Å². The van der Waals surface area contributed by atoms with Crippen LogP contribution in [-0.4, -0.2) is 25.3 Å². The number of nitrogens with one attached hydrogen (secondary N) is 1. The topological polar surface area (TPSA) is 21.3 Å². The van der Waals surface area contributed by atoms with Crippen LogP contribution in [0.15, 0.2) is 0 Å². The molecule has 4 unspecified atom stereocenters. The molecular weight excluding hydrogens is 202 g/mol. The molecule has 1 heterocycles. The van der Waals surface area contributed by atoms with Crippen LogP contribution in [0.25, 0.3) is 0 Å². The standard InChI is InChI=1S/C4H5F4NO.C4H8/c5-1-3(7)10-4(8)2(6)9-1;1-2-4-3-1/h1-4,9H;1-4H2. The minimum absolute atomic E-state index is 1.37. The monoisotopic (exact) mass is 215 g/mol. The van der Waals surface area contributed by atoms with Crippen molar-refractivity contribution in [3.63, 3.8) is 0 Å². The Labute approximate surface area is 79.6 Å². The summed E-state index contributed by atoms with van der Waals surface area (Å²) in [6.07, 6.45) is -3.44. The Kier molecular flexibility index (Phi) is 4.60. The van der Waals surface area contributed by atoms with Crippen LogP contribution < -0.4 is 5.32 Å². The van der Waals surface area contributed by atoms with Gasteiger partial charge in [-0.15, -0.1) is 0 Å². The van der Waals surface area contributed by atoms with Crippen molar-refractivity contribution in [1.29, 1.82) is 0 Å². The Balaban J connectivity index is 0.000000203. The van der Waals surface area contributed by atoms with Crippen molar-refractivity contribution in [1.82, 2.24) is 5.32 Å². The molecule has 6 heteroatoms. The van der Waals surface area contributed by atoms with E-state index in [1.54, 1.807) is 0 Å². The highest BCUT2D eigenvalue weighted by molar-refractivity contribution is 4.70. The lowest BCUT2D eigenvalue weighted by Crippen LogP contribution is -2.52. The quantitative estimate of drug-likeness (QED) is 0.494. The third-order valence-electron chi connectivity index (χ3n) is 2.04. The van der Waals surface area contributed by atoms with Crippen LogP contribution in [0.5, 0.6) is 0 Å².